The summed E-state index contributed by atoms with van der Waals surface area (Å²) in [5.74, 6) is 0.825. The summed E-state index contributed by atoms with van der Waals surface area (Å²) in [5.41, 5.74) is 1.06. The maximum atomic E-state index is 12.2. The smallest absolute Gasteiger partial charge is 0.323 e. The number of anilines is 2. The highest BCUT2D eigenvalue weighted by Gasteiger charge is 2.21. The van der Waals surface area contributed by atoms with E-state index in [-0.39, 0.29) is 11.8 Å². The van der Waals surface area contributed by atoms with Gasteiger partial charge in [-0.2, -0.15) is 0 Å². The van der Waals surface area contributed by atoms with Gasteiger partial charge in [-0.3, -0.25) is 5.32 Å². The summed E-state index contributed by atoms with van der Waals surface area (Å²) in [6, 6.07) is 12.4. The Bertz CT molecular complexity index is 622. The Hall–Kier alpha value is -2.76. The van der Waals surface area contributed by atoms with Crippen LogP contribution in [0.15, 0.2) is 48.7 Å². The molecule has 2 aromatic rings. The van der Waals surface area contributed by atoms with Crippen molar-refractivity contribution in [3.63, 3.8) is 0 Å². The number of pyridine rings is 1. The van der Waals surface area contributed by atoms with E-state index in [1.54, 1.807) is 29.3 Å². The van der Waals surface area contributed by atoms with Gasteiger partial charge in [0.2, 0.25) is 0 Å². The minimum absolute atomic E-state index is 0.121. The maximum Gasteiger partial charge on any atom is 0.323 e. The third kappa shape index (κ3) is 3.28. The number of hydrogen-bond acceptors (Lipinski definition) is 4. The number of amides is 2. The first-order valence-electron chi connectivity index (χ1n) is 7.23. The van der Waals surface area contributed by atoms with E-state index in [0.29, 0.717) is 18.9 Å². The van der Waals surface area contributed by atoms with Crippen molar-refractivity contribution in [1.82, 2.24) is 9.88 Å². The number of urea groups is 1. The molecule has 114 valence electrons. The minimum Gasteiger partial charge on any atom is -0.508 e. The van der Waals surface area contributed by atoms with Crippen molar-refractivity contribution in [2.45, 2.75) is 0 Å². The van der Waals surface area contributed by atoms with Crippen molar-refractivity contribution >= 4 is 17.5 Å². The molecule has 0 saturated carbocycles. The number of nitrogens with one attached hydrogen (secondary N) is 1. The van der Waals surface area contributed by atoms with Crippen LogP contribution in [0.2, 0.25) is 0 Å². The normalized spacial score (nSPS) is 14.7. The van der Waals surface area contributed by atoms with Crippen LogP contribution in [-0.2, 0) is 0 Å². The van der Waals surface area contributed by atoms with Crippen LogP contribution in [0, 0.1) is 0 Å². The number of phenols is 1. The lowest BCUT2D eigenvalue weighted by atomic mass is 10.2. The van der Waals surface area contributed by atoms with Crippen molar-refractivity contribution in [2.24, 2.45) is 0 Å². The third-order valence-electron chi connectivity index (χ3n) is 3.68. The summed E-state index contributed by atoms with van der Waals surface area (Å²) < 4.78 is 0. The van der Waals surface area contributed by atoms with Crippen LogP contribution >= 0.6 is 0 Å². The molecule has 2 N–H and O–H groups in total. The number of phenolic OH excluding ortho intramolecular Hbond substituents is 1. The second-order valence-corrected chi connectivity index (χ2v) is 5.14. The van der Waals surface area contributed by atoms with Gasteiger partial charge in [0.05, 0.1) is 0 Å². The number of piperazine rings is 1. The van der Waals surface area contributed by atoms with Gasteiger partial charge >= 0.3 is 6.03 Å². The summed E-state index contributed by atoms with van der Waals surface area (Å²) in [6.07, 6.45) is 1.65. The highest BCUT2D eigenvalue weighted by atomic mass is 16.3. The Kier molecular flexibility index (Phi) is 4.09. The fourth-order valence-electron chi connectivity index (χ4n) is 2.46. The number of nitrogens with zero attached hydrogens (tertiary/aromatic N) is 3. The van der Waals surface area contributed by atoms with Crippen LogP contribution in [0.25, 0.3) is 0 Å². The molecule has 0 spiro atoms. The highest BCUT2D eigenvalue weighted by molar-refractivity contribution is 5.88. The van der Waals surface area contributed by atoms with Crippen molar-refractivity contribution in [3.8, 4) is 5.75 Å². The Labute approximate surface area is 129 Å². The van der Waals surface area contributed by atoms with Crippen molar-refractivity contribution in [3.05, 3.63) is 48.7 Å². The average Bonchev–Trinajstić information content (AvgIpc) is 2.57. The van der Waals surface area contributed by atoms with E-state index >= 15 is 0 Å². The molecule has 3 rings (SSSR count). The van der Waals surface area contributed by atoms with Gasteiger partial charge in [0.15, 0.2) is 0 Å². The van der Waals surface area contributed by atoms with Crippen LogP contribution in [0.4, 0.5) is 16.3 Å². The zero-order chi connectivity index (χ0) is 15.4. The fourth-order valence-corrected chi connectivity index (χ4v) is 2.46. The van der Waals surface area contributed by atoms with E-state index < -0.39 is 0 Å². The molecule has 0 atom stereocenters. The molecule has 1 aromatic carbocycles. The maximum absolute atomic E-state index is 12.2. The molecule has 1 aromatic heterocycles. The number of aromatic nitrogens is 1. The summed E-state index contributed by atoms with van der Waals surface area (Å²) in [6.45, 7) is 2.83. The van der Waals surface area contributed by atoms with E-state index in [1.165, 1.54) is 0 Å². The van der Waals surface area contributed by atoms with E-state index in [9.17, 15) is 9.90 Å². The Morgan fingerprint density at radius 3 is 2.41 bits per heavy atom. The fraction of sp³-hybridized carbons (Fsp3) is 0.250. The van der Waals surface area contributed by atoms with Gasteiger partial charge < -0.3 is 14.9 Å². The zero-order valence-electron chi connectivity index (χ0n) is 12.1. The molecule has 0 unspecified atom stereocenters. The minimum atomic E-state index is -0.121. The van der Waals surface area contributed by atoms with Crippen molar-refractivity contribution in [2.75, 3.05) is 36.4 Å². The van der Waals surface area contributed by atoms with Gasteiger partial charge in [0.1, 0.15) is 11.6 Å². The third-order valence-corrected chi connectivity index (χ3v) is 3.68. The van der Waals surface area contributed by atoms with Gasteiger partial charge in [-0.15, -0.1) is 0 Å². The van der Waals surface area contributed by atoms with Crippen molar-refractivity contribution < 1.29 is 9.90 Å². The highest BCUT2D eigenvalue weighted by Crippen LogP contribution is 2.20. The molecule has 2 amide bonds. The number of aromatic hydroxyl groups is 1. The number of benzene rings is 1. The molecule has 0 aliphatic carbocycles. The molecule has 6 nitrogen and oxygen atoms in total. The molecule has 6 heteroatoms. The van der Waals surface area contributed by atoms with E-state index in [0.717, 1.165) is 18.8 Å². The standard InChI is InChI=1S/C16H18N4O2/c21-14-6-4-13(5-7-14)19-9-11-20(12-10-19)16(22)18-15-3-1-2-8-17-15/h1-8,21H,9-12H2,(H,17,18,22). The lowest BCUT2D eigenvalue weighted by Crippen LogP contribution is -2.50. The number of carbonyl (C=O) groups excluding carboxylic acids is 1. The number of hydrogen-bond donors (Lipinski definition) is 2. The van der Waals surface area contributed by atoms with Crippen LogP contribution in [-0.4, -0.2) is 47.2 Å². The first-order chi connectivity index (χ1) is 10.7. The van der Waals surface area contributed by atoms with Gasteiger partial charge in [-0.25, -0.2) is 9.78 Å². The summed E-state index contributed by atoms with van der Waals surface area (Å²) >= 11 is 0. The SMILES string of the molecule is O=C(Nc1ccccn1)N1CCN(c2ccc(O)cc2)CC1. The van der Waals surface area contributed by atoms with E-state index in [2.05, 4.69) is 15.2 Å². The first kappa shape index (κ1) is 14.2. The van der Waals surface area contributed by atoms with Gasteiger partial charge in [0.25, 0.3) is 0 Å². The zero-order valence-corrected chi connectivity index (χ0v) is 12.1. The largest absolute Gasteiger partial charge is 0.508 e. The monoisotopic (exact) mass is 298 g/mol. The Morgan fingerprint density at radius 2 is 1.77 bits per heavy atom. The molecule has 0 radical (unpaired) electrons. The lowest BCUT2D eigenvalue weighted by molar-refractivity contribution is 0.208. The van der Waals surface area contributed by atoms with Gasteiger partial charge in [0, 0.05) is 38.1 Å². The molecule has 1 saturated heterocycles. The Balaban J connectivity index is 1.55. The van der Waals surface area contributed by atoms with Crippen LogP contribution < -0.4 is 10.2 Å². The summed E-state index contributed by atoms with van der Waals surface area (Å²) in [7, 11) is 0. The first-order valence-corrected chi connectivity index (χ1v) is 7.23. The van der Waals surface area contributed by atoms with E-state index in [1.807, 2.05) is 24.3 Å². The molecule has 1 fully saturated rings. The molecular formula is C16H18N4O2. The molecule has 1 aliphatic heterocycles. The topological polar surface area (TPSA) is 68.7 Å². The Morgan fingerprint density at radius 1 is 1.05 bits per heavy atom. The molecule has 2 heterocycles. The predicted octanol–water partition coefficient (Wildman–Crippen LogP) is 2.14. The quantitative estimate of drug-likeness (QED) is 0.891. The number of rotatable bonds is 2. The van der Waals surface area contributed by atoms with Gasteiger partial charge in [-0.05, 0) is 36.4 Å². The van der Waals surface area contributed by atoms with E-state index in [4.69, 9.17) is 0 Å². The molecule has 0 bridgehead atoms. The second-order valence-electron chi connectivity index (χ2n) is 5.14. The summed E-state index contributed by atoms with van der Waals surface area (Å²) in [5, 5.41) is 12.1. The van der Waals surface area contributed by atoms with Crippen LogP contribution in [0.1, 0.15) is 0 Å². The van der Waals surface area contributed by atoms with Crippen molar-refractivity contribution in [1.29, 1.82) is 0 Å². The predicted molar refractivity (Wildman–Crippen MR) is 85.1 cm³/mol. The van der Waals surface area contributed by atoms with Crippen LogP contribution in [0.5, 0.6) is 5.75 Å². The molecule has 22 heavy (non-hydrogen) atoms. The second kappa shape index (κ2) is 6.34. The van der Waals surface area contributed by atoms with Crippen LogP contribution in [0.3, 0.4) is 0 Å². The molecular weight excluding hydrogens is 280 g/mol. The average molecular weight is 298 g/mol. The summed E-state index contributed by atoms with van der Waals surface area (Å²) in [4.78, 5) is 20.3. The van der Waals surface area contributed by atoms with Gasteiger partial charge in [-0.1, -0.05) is 6.07 Å². The molecule has 1 aliphatic rings. The lowest BCUT2D eigenvalue weighted by Gasteiger charge is -2.36. The number of carbonyl (C=O) groups is 1.